The number of carbonyl (C=O) groups excluding carboxylic acids is 2. The van der Waals surface area contributed by atoms with Crippen LogP contribution in [-0.2, 0) is 0 Å². The average molecular weight is 460 g/mol. The maximum atomic E-state index is 13.5. The first-order chi connectivity index (χ1) is 17.2. The van der Waals surface area contributed by atoms with Crippen LogP contribution in [0.5, 0.6) is 0 Å². The Labute approximate surface area is 204 Å². The number of amides is 2. The topological polar surface area (TPSA) is 74.0 Å². The van der Waals surface area contributed by atoms with Gasteiger partial charge in [-0.15, -0.1) is 0 Å². The number of aromatic nitrogens is 1. The Morgan fingerprint density at radius 1 is 0.714 bits per heavy atom. The first-order valence-electron chi connectivity index (χ1n) is 11.6. The third-order valence-corrected chi connectivity index (χ3v) is 5.93. The minimum absolute atomic E-state index is 0.257. The van der Waals surface area contributed by atoms with Crippen molar-refractivity contribution in [2.75, 3.05) is 11.9 Å². The van der Waals surface area contributed by atoms with Crippen molar-refractivity contribution in [3.63, 3.8) is 0 Å². The summed E-state index contributed by atoms with van der Waals surface area (Å²) in [5.74, 6) is -0.568. The highest BCUT2D eigenvalue weighted by atomic mass is 16.2. The molecule has 4 aromatic rings. The lowest BCUT2D eigenvalue weighted by molar-refractivity contribution is 0.0953. The van der Waals surface area contributed by atoms with Crippen LogP contribution in [0.4, 0.5) is 5.69 Å². The minimum atomic E-state index is -0.311. The SMILES string of the molecule is O=C(NCC1=CC=CC1)c1[nH]c(C(=O)Nc2ccccc2)c(-c2ccccc2)c1-c1ccccc1. The molecule has 0 unspecified atom stereocenters. The van der Waals surface area contributed by atoms with Crippen LogP contribution < -0.4 is 10.6 Å². The fourth-order valence-corrected chi connectivity index (χ4v) is 4.25. The third-order valence-electron chi connectivity index (χ3n) is 5.93. The van der Waals surface area contributed by atoms with Crippen LogP contribution >= 0.6 is 0 Å². The van der Waals surface area contributed by atoms with Crippen molar-refractivity contribution in [3.8, 4) is 22.3 Å². The van der Waals surface area contributed by atoms with Gasteiger partial charge < -0.3 is 15.6 Å². The molecule has 1 aliphatic rings. The average Bonchev–Trinajstić information content (AvgIpc) is 3.57. The van der Waals surface area contributed by atoms with E-state index in [0.717, 1.165) is 23.1 Å². The van der Waals surface area contributed by atoms with E-state index in [9.17, 15) is 9.59 Å². The lowest BCUT2D eigenvalue weighted by atomic mass is 9.94. The van der Waals surface area contributed by atoms with E-state index in [1.54, 1.807) is 0 Å². The number of para-hydroxylation sites is 1. The molecule has 3 aromatic carbocycles. The molecule has 0 spiro atoms. The maximum Gasteiger partial charge on any atom is 0.272 e. The lowest BCUT2D eigenvalue weighted by Crippen LogP contribution is -2.26. The molecule has 5 heteroatoms. The van der Waals surface area contributed by atoms with E-state index in [1.807, 2.05) is 103 Å². The number of benzene rings is 3. The molecule has 5 nitrogen and oxygen atoms in total. The number of nitrogens with one attached hydrogen (secondary N) is 3. The van der Waals surface area contributed by atoms with E-state index in [4.69, 9.17) is 0 Å². The minimum Gasteiger partial charge on any atom is -0.347 e. The molecule has 0 aliphatic heterocycles. The van der Waals surface area contributed by atoms with Crippen molar-refractivity contribution in [3.05, 3.63) is 126 Å². The van der Waals surface area contributed by atoms with Crippen LogP contribution in [0.2, 0.25) is 0 Å². The normalized spacial score (nSPS) is 12.3. The Hall–Kier alpha value is -4.64. The van der Waals surface area contributed by atoms with Crippen molar-refractivity contribution in [2.45, 2.75) is 6.42 Å². The van der Waals surface area contributed by atoms with Crippen molar-refractivity contribution in [1.29, 1.82) is 0 Å². The van der Waals surface area contributed by atoms with Crippen molar-refractivity contribution in [2.24, 2.45) is 0 Å². The molecule has 0 bridgehead atoms. The number of carbonyl (C=O) groups is 2. The molecule has 0 saturated heterocycles. The van der Waals surface area contributed by atoms with E-state index < -0.39 is 0 Å². The van der Waals surface area contributed by atoms with Crippen molar-refractivity contribution < 1.29 is 9.59 Å². The second kappa shape index (κ2) is 10.1. The molecule has 1 aliphatic carbocycles. The van der Waals surface area contributed by atoms with Gasteiger partial charge in [0, 0.05) is 23.4 Å². The fourth-order valence-electron chi connectivity index (χ4n) is 4.25. The van der Waals surface area contributed by atoms with Gasteiger partial charge in [-0.05, 0) is 35.3 Å². The molecular formula is C30H25N3O2. The van der Waals surface area contributed by atoms with Gasteiger partial charge >= 0.3 is 0 Å². The Balaban J connectivity index is 1.62. The van der Waals surface area contributed by atoms with Gasteiger partial charge in [0.15, 0.2) is 0 Å². The highest BCUT2D eigenvalue weighted by Gasteiger charge is 2.27. The summed E-state index contributed by atoms with van der Waals surface area (Å²) in [5.41, 5.74) is 5.61. The van der Waals surface area contributed by atoms with Crippen LogP contribution in [0, 0.1) is 0 Å². The first-order valence-corrected chi connectivity index (χ1v) is 11.6. The summed E-state index contributed by atoms with van der Waals surface area (Å²) < 4.78 is 0. The van der Waals surface area contributed by atoms with E-state index in [2.05, 4.69) is 21.7 Å². The van der Waals surface area contributed by atoms with E-state index >= 15 is 0 Å². The number of hydrogen-bond acceptors (Lipinski definition) is 2. The molecular weight excluding hydrogens is 434 g/mol. The Kier molecular flexibility index (Phi) is 6.39. The lowest BCUT2D eigenvalue weighted by Gasteiger charge is -2.10. The van der Waals surface area contributed by atoms with Gasteiger partial charge in [0.2, 0.25) is 0 Å². The molecule has 0 saturated carbocycles. The standard InChI is InChI=1S/C30H25N3O2/c34-29(31-20-21-12-10-11-13-21)27-25(22-14-4-1-5-15-22)26(23-16-6-2-7-17-23)28(33-27)30(35)32-24-18-8-3-9-19-24/h1-12,14-19,33H,13,20H2,(H,31,34)(H,32,35). The molecule has 1 heterocycles. The van der Waals surface area contributed by atoms with Gasteiger partial charge in [0.1, 0.15) is 11.4 Å². The second-order valence-corrected chi connectivity index (χ2v) is 8.32. The smallest absolute Gasteiger partial charge is 0.272 e. The molecule has 5 rings (SSSR count). The van der Waals surface area contributed by atoms with Gasteiger partial charge in [-0.2, -0.15) is 0 Å². The number of H-pyrrole nitrogens is 1. The van der Waals surface area contributed by atoms with Crippen molar-refractivity contribution >= 4 is 17.5 Å². The van der Waals surface area contributed by atoms with Crippen LogP contribution in [0.15, 0.2) is 115 Å². The molecule has 35 heavy (non-hydrogen) atoms. The van der Waals surface area contributed by atoms with Gasteiger partial charge in [-0.25, -0.2) is 0 Å². The predicted octanol–water partition coefficient (Wildman–Crippen LogP) is 6.22. The Morgan fingerprint density at radius 3 is 1.80 bits per heavy atom. The molecule has 1 aromatic heterocycles. The summed E-state index contributed by atoms with van der Waals surface area (Å²) in [6, 6.07) is 28.7. The molecule has 0 fully saturated rings. The van der Waals surface area contributed by atoms with Gasteiger partial charge in [0.25, 0.3) is 11.8 Å². The summed E-state index contributed by atoms with van der Waals surface area (Å²) in [5, 5.41) is 5.98. The summed E-state index contributed by atoms with van der Waals surface area (Å²) in [6.07, 6.45) is 6.90. The molecule has 3 N–H and O–H groups in total. The van der Waals surface area contributed by atoms with E-state index in [-0.39, 0.29) is 11.8 Å². The first kappa shape index (κ1) is 22.2. The zero-order chi connectivity index (χ0) is 24.0. The predicted molar refractivity (Wildman–Crippen MR) is 140 cm³/mol. The van der Waals surface area contributed by atoms with Gasteiger partial charge in [0.05, 0.1) is 0 Å². The van der Waals surface area contributed by atoms with E-state index in [1.165, 1.54) is 0 Å². The highest BCUT2D eigenvalue weighted by Crippen LogP contribution is 2.38. The number of anilines is 1. The zero-order valence-electron chi connectivity index (χ0n) is 19.1. The number of rotatable bonds is 7. The van der Waals surface area contributed by atoms with Crippen LogP contribution in [-0.4, -0.2) is 23.3 Å². The summed E-state index contributed by atoms with van der Waals surface area (Å²) >= 11 is 0. The van der Waals surface area contributed by atoms with Crippen molar-refractivity contribution in [1.82, 2.24) is 10.3 Å². The monoisotopic (exact) mass is 459 g/mol. The van der Waals surface area contributed by atoms with Crippen LogP contribution in [0.1, 0.15) is 27.4 Å². The molecule has 0 atom stereocenters. The van der Waals surface area contributed by atoms with Gasteiger partial charge in [-0.3, -0.25) is 9.59 Å². The third kappa shape index (κ3) is 4.84. The van der Waals surface area contributed by atoms with E-state index in [0.29, 0.717) is 34.7 Å². The quantitative estimate of drug-likeness (QED) is 0.307. The highest BCUT2D eigenvalue weighted by molar-refractivity contribution is 6.14. The Morgan fingerprint density at radius 2 is 1.26 bits per heavy atom. The number of hydrogen-bond donors (Lipinski definition) is 3. The van der Waals surface area contributed by atoms with Gasteiger partial charge in [-0.1, -0.05) is 97.1 Å². The number of allylic oxidation sites excluding steroid dienone is 3. The molecule has 0 radical (unpaired) electrons. The number of aromatic amines is 1. The van der Waals surface area contributed by atoms with Crippen LogP contribution in [0.3, 0.4) is 0 Å². The summed E-state index contributed by atoms with van der Waals surface area (Å²) in [4.78, 5) is 30.1. The largest absolute Gasteiger partial charge is 0.347 e. The zero-order valence-corrected chi connectivity index (χ0v) is 19.1. The molecule has 172 valence electrons. The Bertz CT molecular complexity index is 1400. The second-order valence-electron chi connectivity index (χ2n) is 8.32. The summed E-state index contributed by atoms with van der Waals surface area (Å²) in [6.45, 7) is 0.450. The summed E-state index contributed by atoms with van der Waals surface area (Å²) in [7, 11) is 0. The van der Waals surface area contributed by atoms with Crippen LogP contribution in [0.25, 0.3) is 22.3 Å². The fraction of sp³-hybridized carbons (Fsp3) is 0.0667. The molecule has 2 amide bonds. The maximum absolute atomic E-state index is 13.5.